The summed E-state index contributed by atoms with van der Waals surface area (Å²) in [7, 11) is 0. The van der Waals surface area contributed by atoms with E-state index in [2.05, 4.69) is 56.7 Å². The highest BCUT2D eigenvalue weighted by Crippen LogP contribution is 2.15. The molecule has 0 aliphatic carbocycles. The number of fused-ring (bicyclic) bond motifs is 1. The first kappa shape index (κ1) is 19.5. The van der Waals surface area contributed by atoms with Crippen LogP contribution in [0.25, 0.3) is 10.9 Å². The molecule has 0 unspecified atom stereocenters. The molecule has 28 heavy (non-hydrogen) atoms. The molecule has 3 aromatic rings. The highest BCUT2D eigenvalue weighted by atomic mass is 16.1. The molecule has 1 heterocycles. The number of aryl methyl sites for hydroxylation is 1. The Morgan fingerprint density at radius 3 is 2.79 bits per heavy atom. The first-order valence-corrected chi connectivity index (χ1v) is 9.62. The van der Waals surface area contributed by atoms with Gasteiger partial charge in [-0.2, -0.15) is 0 Å². The Morgan fingerprint density at radius 1 is 1.11 bits per heavy atom. The lowest BCUT2D eigenvalue weighted by molar-refractivity contribution is 0.1000. The third kappa shape index (κ3) is 5.13. The predicted octanol–water partition coefficient (Wildman–Crippen LogP) is 2.89. The molecular formula is C22H27N5O. The summed E-state index contributed by atoms with van der Waals surface area (Å²) in [5, 5.41) is 7.89. The Bertz CT molecular complexity index is 960. The van der Waals surface area contributed by atoms with E-state index in [1.807, 2.05) is 19.1 Å². The molecule has 0 aliphatic heterocycles. The summed E-state index contributed by atoms with van der Waals surface area (Å²) >= 11 is 0. The van der Waals surface area contributed by atoms with Crippen molar-refractivity contribution < 1.29 is 4.79 Å². The summed E-state index contributed by atoms with van der Waals surface area (Å²) in [6.07, 6.45) is 3.12. The molecule has 146 valence electrons. The van der Waals surface area contributed by atoms with E-state index in [1.165, 1.54) is 10.9 Å². The summed E-state index contributed by atoms with van der Waals surface area (Å²) in [6, 6.07) is 17.8. The number of nitrogens with one attached hydrogen (secondary N) is 2. The topological polar surface area (TPSA) is 84.4 Å². The SMILES string of the molecule is CCNC(=NCc1cccc(C(N)=O)c1)NCCCn1ccc2ccccc21. The Morgan fingerprint density at radius 2 is 1.96 bits per heavy atom. The molecule has 4 N–H and O–H groups in total. The highest BCUT2D eigenvalue weighted by molar-refractivity contribution is 5.92. The molecule has 0 spiro atoms. The van der Waals surface area contributed by atoms with E-state index in [0.29, 0.717) is 12.1 Å². The average molecular weight is 377 g/mol. The van der Waals surface area contributed by atoms with Crippen LogP contribution in [0.3, 0.4) is 0 Å². The molecule has 0 radical (unpaired) electrons. The normalized spacial score (nSPS) is 11.5. The van der Waals surface area contributed by atoms with Gasteiger partial charge in [0.1, 0.15) is 0 Å². The smallest absolute Gasteiger partial charge is 0.248 e. The molecule has 0 atom stereocenters. The molecule has 3 rings (SSSR count). The van der Waals surface area contributed by atoms with Gasteiger partial charge in [-0.25, -0.2) is 4.99 Å². The number of hydrogen-bond acceptors (Lipinski definition) is 2. The fourth-order valence-corrected chi connectivity index (χ4v) is 3.13. The van der Waals surface area contributed by atoms with Crippen LogP contribution in [0.2, 0.25) is 0 Å². The predicted molar refractivity (Wildman–Crippen MR) is 114 cm³/mol. The zero-order chi connectivity index (χ0) is 19.8. The van der Waals surface area contributed by atoms with E-state index < -0.39 is 5.91 Å². The number of hydrogen-bond donors (Lipinski definition) is 3. The molecule has 0 bridgehead atoms. The highest BCUT2D eigenvalue weighted by Gasteiger charge is 2.03. The van der Waals surface area contributed by atoms with Crippen LogP contribution >= 0.6 is 0 Å². The summed E-state index contributed by atoms with van der Waals surface area (Å²) in [5.41, 5.74) is 8.06. The standard InChI is InChI=1S/C22H27N5O/c1-2-24-22(26-16-17-7-5-9-19(15-17)21(23)28)25-12-6-13-27-14-11-18-8-3-4-10-20(18)27/h3-5,7-11,14-15H,2,6,12-13,16H2,1H3,(H2,23,28)(H2,24,25,26). The fourth-order valence-electron chi connectivity index (χ4n) is 3.13. The quantitative estimate of drug-likeness (QED) is 0.321. The van der Waals surface area contributed by atoms with Gasteiger partial charge in [0.25, 0.3) is 0 Å². The number of rotatable bonds is 8. The van der Waals surface area contributed by atoms with Crippen LogP contribution in [0.5, 0.6) is 0 Å². The maximum Gasteiger partial charge on any atom is 0.248 e. The molecule has 0 saturated carbocycles. The lowest BCUT2D eigenvalue weighted by Gasteiger charge is -2.12. The monoisotopic (exact) mass is 377 g/mol. The minimum atomic E-state index is -0.423. The fraction of sp³-hybridized carbons (Fsp3) is 0.273. The Labute approximate surface area is 165 Å². The maximum absolute atomic E-state index is 11.3. The Balaban J connectivity index is 1.53. The van der Waals surface area contributed by atoms with Crippen LogP contribution in [0.4, 0.5) is 0 Å². The van der Waals surface area contributed by atoms with Crippen molar-refractivity contribution in [2.24, 2.45) is 10.7 Å². The van der Waals surface area contributed by atoms with Crippen molar-refractivity contribution in [1.82, 2.24) is 15.2 Å². The first-order chi connectivity index (χ1) is 13.7. The van der Waals surface area contributed by atoms with Crippen molar-refractivity contribution in [3.8, 4) is 0 Å². The minimum absolute atomic E-state index is 0.423. The van der Waals surface area contributed by atoms with Gasteiger partial charge in [-0.1, -0.05) is 30.3 Å². The molecule has 0 saturated heterocycles. The number of benzene rings is 2. The van der Waals surface area contributed by atoms with E-state index >= 15 is 0 Å². The van der Waals surface area contributed by atoms with Gasteiger partial charge in [-0.05, 0) is 48.6 Å². The molecule has 6 nitrogen and oxygen atoms in total. The minimum Gasteiger partial charge on any atom is -0.366 e. The second-order valence-corrected chi connectivity index (χ2v) is 6.61. The van der Waals surface area contributed by atoms with E-state index in [-0.39, 0.29) is 0 Å². The van der Waals surface area contributed by atoms with Crippen LogP contribution in [0.15, 0.2) is 65.8 Å². The number of nitrogens with two attached hydrogens (primary N) is 1. The number of guanidine groups is 1. The molecular weight excluding hydrogens is 350 g/mol. The summed E-state index contributed by atoms with van der Waals surface area (Å²) in [4.78, 5) is 15.9. The van der Waals surface area contributed by atoms with Crippen LogP contribution in [0.1, 0.15) is 29.3 Å². The number of carbonyl (C=O) groups is 1. The van der Waals surface area contributed by atoms with Gasteiger partial charge in [-0.3, -0.25) is 4.79 Å². The first-order valence-electron chi connectivity index (χ1n) is 9.62. The van der Waals surface area contributed by atoms with Gasteiger partial charge in [0.2, 0.25) is 5.91 Å². The maximum atomic E-state index is 11.3. The average Bonchev–Trinajstić information content (AvgIpc) is 3.12. The third-order valence-corrected chi connectivity index (χ3v) is 4.52. The van der Waals surface area contributed by atoms with Crippen molar-refractivity contribution >= 4 is 22.8 Å². The van der Waals surface area contributed by atoms with E-state index in [0.717, 1.165) is 37.6 Å². The van der Waals surface area contributed by atoms with Crippen molar-refractivity contribution in [2.45, 2.75) is 26.4 Å². The molecule has 6 heteroatoms. The Hall–Kier alpha value is -3.28. The summed E-state index contributed by atoms with van der Waals surface area (Å²) in [6.45, 7) is 5.07. The van der Waals surface area contributed by atoms with Crippen molar-refractivity contribution in [3.05, 3.63) is 71.9 Å². The van der Waals surface area contributed by atoms with E-state index in [4.69, 9.17) is 5.73 Å². The number of aromatic nitrogens is 1. The van der Waals surface area contributed by atoms with Gasteiger partial charge < -0.3 is 20.9 Å². The molecule has 0 fully saturated rings. The molecule has 2 aromatic carbocycles. The third-order valence-electron chi connectivity index (χ3n) is 4.52. The Kier molecular flexibility index (Phi) is 6.68. The van der Waals surface area contributed by atoms with Gasteiger partial charge >= 0.3 is 0 Å². The van der Waals surface area contributed by atoms with Gasteiger partial charge in [0.05, 0.1) is 6.54 Å². The zero-order valence-electron chi connectivity index (χ0n) is 16.2. The van der Waals surface area contributed by atoms with Crippen LogP contribution in [-0.4, -0.2) is 29.5 Å². The molecule has 1 aromatic heterocycles. The van der Waals surface area contributed by atoms with Crippen LogP contribution < -0.4 is 16.4 Å². The summed E-state index contributed by atoms with van der Waals surface area (Å²) < 4.78 is 2.27. The number of aliphatic imine (C=N–C) groups is 1. The van der Waals surface area contributed by atoms with Crippen LogP contribution in [-0.2, 0) is 13.1 Å². The number of primary amides is 1. The number of amides is 1. The lowest BCUT2D eigenvalue weighted by atomic mass is 10.1. The van der Waals surface area contributed by atoms with Crippen LogP contribution in [0, 0.1) is 0 Å². The van der Waals surface area contributed by atoms with Crippen molar-refractivity contribution in [1.29, 1.82) is 0 Å². The van der Waals surface area contributed by atoms with E-state index in [1.54, 1.807) is 12.1 Å². The second kappa shape index (κ2) is 9.60. The number of para-hydroxylation sites is 1. The second-order valence-electron chi connectivity index (χ2n) is 6.61. The lowest BCUT2D eigenvalue weighted by Crippen LogP contribution is -2.38. The summed E-state index contributed by atoms with van der Waals surface area (Å²) in [5.74, 6) is 0.345. The van der Waals surface area contributed by atoms with E-state index in [9.17, 15) is 4.79 Å². The van der Waals surface area contributed by atoms with Crippen molar-refractivity contribution in [2.75, 3.05) is 13.1 Å². The molecule has 0 aliphatic rings. The number of nitrogens with zero attached hydrogens (tertiary/aromatic N) is 2. The number of carbonyl (C=O) groups excluding carboxylic acids is 1. The van der Waals surface area contributed by atoms with Gasteiger partial charge in [-0.15, -0.1) is 0 Å². The van der Waals surface area contributed by atoms with Gasteiger partial charge in [0, 0.05) is 36.9 Å². The van der Waals surface area contributed by atoms with Gasteiger partial charge in [0.15, 0.2) is 5.96 Å². The van der Waals surface area contributed by atoms with Crippen molar-refractivity contribution in [3.63, 3.8) is 0 Å². The molecule has 1 amide bonds. The zero-order valence-corrected chi connectivity index (χ0v) is 16.2. The largest absolute Gasteiger partial charge is 0.366 e.